The van der Waals surface area contributed by atoms with E-state index in [1.54, 1.807) is 55.5 Å². The summed E-state index contributed by atoms with van der Waals surface area (Å²) in [4.78, 5) is 48.1. The minimum Gasteiger partial charge on any atom is -0.434 e. The van der Waals surface area contributed by atoms with E-state index < -0.39 is 18.0 Å². The topological polar surface area (TPSA) is 123 Å². The van der Waals surface area contributed by atoms with Gasteiger partial charge in [-0.05, 0) is 61.5 Å². The van der Waals surface area contributed by atoms with Gasteiger partial charge in [-0.1, -0.05) is 18.2 Å². The van der Waals surface area contributed by atoms with Crippen molar-refractivity contribution in [2.24, 2.45) is 0 Å². The van der Waals surface area contributed by atoms with E-state index in [1.165, 1.54) is 31.2 Å². The molecule has 0 atom stereocenters. The molecule has 3 aromatic carbocycles. The first kappa shape index (κ1) is 24.0. The molecule has 3 rings (SSSR count). The zero-order chi connectivity index (χ0) is 24.5. The third kappa shape index (κ3) is 6.67. The molecule has 174 valence electrons. The van der Waals surface area contributed by atoms with Crippen LogP contribution in [0.5, 0.6) is 5.75 Å². The number of para-hydroxylation sites is 2. The number of benzene rings is 3. The summed E-state index contributed by atoms with van der Waals surface area (Å²) in [5.74, 6) is -0.832. The monoisotopic (exact) mass is 461 g/mol. The lowest BCUT2D eigenvalue weighted by Gasteiger charge is -2.13. The lowest BCUT2D eigenvalue weighted by Crippen LogP contribution is -2.17. The fraction of sp³-hybridized carbons (Fsp3) is 0.120. The van der Waals surface area contributed by atoms with Crippen LogP contribution in [0.4, 0.5) is 21.9 Å². The highest BCUT2D eigenvalue weighted by molar-refractivity contribution is 6.10. The Kier molecular flexibility index (Phi) is 7.96. The summed E-state index contributed by atoms with van der Waals surface area (Å²) >= 11 is 0. The number of nitrogens with one attached hydrogen (secondary N) is 3. The molecule has 3 N–H and O–H groups in total. The Morgan fingerprint density at radius 3 is 1.94 bits per heavy atom. The van der Waals surface area contributed by atoms with E-state index in [-0.39, 0.29) is 18.3 Å². The van der Waals surface area contributed by atoms with E-state index in [9.17, 15) is 19.2 Å². The molecule has 0 aliphatic carbocycles. The van der Waals surface area contributed by atoms with E-state index in [1.807, 2.05) is 0 Å². The SMILES string of the molecule is CCOC(=O)Oc1ccc(C(=O)Nc2ccccc2NC(=O)c2cccc(NC(C)=O)c2)cc1. The van der Waals surface area contributed by atoms with Crippen LogP contribution in [-0.2, 0) is 9.53 Å². The Morgan fingerprint density at radius 2 is 1.35 bits per heavy atom. The van der Waals surface area contributed by atoms with Gasteiger partial charge in [0.1, 0.15) is 5.75 Å². The van der Waals surface area contributed by atoms with Crippen LogP contribution in [0.2, 0.25) is 0 Å². The number of carbonyl (C=O) groups is 4. The second-order valence-corrected chi connectivity index (χ2v) is 7.03. The van der Waals surface area contributed by atoms with Gasteiger partial charge in [-0.25, -0.2) is 4.79 Å². The first-order chi connectivity index (χ1) is 16.4. The van der Waals surface area contributed by atoms with Crippen LogP contribution in [0.3, 0.4) is 0 Å². The van der Waals surface area contributed by atoms with E-state index >= 15 is 0 Å². The number of rotatable bonds is 7. The quantitative estimate of drug-likeness (QED) is 0.347. The maximum Gasteiger partial charge on any atom is 0.513 e. The third-order valence-electron chi connectivity index (χ3n) is 4.45. The first-order valence-corrected chi connectivity index (χ1v) is 10.4. The fourth-order valence-corrected chi connectivity index (χ4v) is 2.95. The van der Waals surface area contributed by atoms with Crippen molar-refractivity contribution in [2.45, 2.75) is 13.8 Å². The molecule has 0 radical (unpaired) electrons. The van der Waals surface area contributed by atoms with Crippen LogP contribution in [0, 0.1) is 0 Å². The lowest BCUT2D eigenvalue weighted by atomic mass is 10.1. The molecule has 0 aliphatic rings. The van der Waals surface area contributed by atoms with Crippen molar-refractivity contribution >= 4 is 40.9 Å². The van der Waals surface area contributed by atoms with Crippen molar-refractivity contribution in [3.63, 3.8) is 0 Å². The van der Waals surface area contributed by atoms with E-state index in [2.05, 4.69) is 16.0 Å². The molecule has 0 aliphatic heterocycles. The summed E-state index contributed by atoms with van der Waals surface area (Å²) in [6.45, 7) is 3.24. The normalized spacial score (nSPS) is 10.1. The molecule has 9 nitrogen and oxygen atoms in total. The lowest BCUT2D eigenvalue weighted by molar-refractivity contribution is -0.114. The Bertz CT molecular complexity index is 1210. The number of anilines is 3. The molecule has 0 spiro atoms. The Morgan fingerprint density at radius 1 is 0.735 bits per heavy atom. The average molecular weight is 461 g/mol. The molecule has 0 saturated carbocycles. The zero-order valence-electron chi connectivity index (χ0n) is 18.6. The Balaban J connectivity index is 1.69. The van der Waals surface area contributed by atoms with Crippen LogP contribution >= 0.6 is 0 Å². The predicted molar refractivity (Wildman–Crippen MR) is 127 cm³/mol. The van der Waals surface area contributed by atoms with Crippen molar-refractivity contribution in [2.75, 3.05) is 22.6 Å². The smallest absolute Gasteiger partial charge is 0.434 e. The number of carbonyl (C=O) groups excluding carboxylic acids is 4. The highest BCUT2D eigenvalue weighted by Gasteiger charge is 2.13. The number of hydrogen-bond acceptors (Lipinski definition) is 6. The van der Waals surface area contributed by atoms with Crippen LogP contribution in [0.1, 0.15) is 34.6 Å². The molecule has 34 heavy (non-hydrogen) atoms. The van der Waals surface area contributed by atoms with Gasteiger partial charge in [0.25, 0.3) is 11.8 Å². The Hall–Kier alpha value is -4.66. The Labute approximate surface area is 196 Å². The molecule has 0 aromatic heterocycles. The van der Waals surface area contributed by atoms with Crippen LogP contribution in [0.15, 0.2) is 72.8 Å². The van der Waals surface area contributed by atoms with E-state index in [0.29, 0.717) is 28.2 Å². The predicted octanol–water partition coefficient (Wildman–Crippen LogP) is 4.68. The molecule has 0 bridgehead atoms. The van der Waals surface area contributed by atoms with Gasteiger partial charge in [-0.15, -0.1) is 0 Å². The highest BCUT2D eigenvalue weighted by Crippen LogP contribution is 2.23. The summed E-state index contributed by atoms with van der Waals surface area (Å²) in [5.41, 5.74) is 1.95. The summed E-state index contributed by atoms with van der Waals surface area (Å²) in [6, 6.07) is 19.2. The van der Waals surface area contributed by atoms with Gasteiger partial charge in [0.15, 0.2) is 0 Å². The molecule has 0 saturated heterocycles. The molecule has 9 heteroatoms. The van der Waals surface area contributed by atoms with Crippen LogP contribution < -0.4 is 20.7 Å². The summed E-state index contributed by atoms with van der Waals surface area (Å²) in [5, 5.41) is 8.16. The van der Waals surface area contributed by atoms with Crippen molar-refractivity contribution in [1.29, 1.82) is 0 Å². The van der Waals surface area contributed by atoms with Crippen molar-refractivity contribution in [3.8, 4) is 5.75 Å². The van der Waals surface area contributed by atoms with Crippen molar-refractivity contribution < 1.29 is 28.7 Å². The van der Waals surface area contributed by atoms with Gasteiger partial charge in [0.2, 0.25) is 5.91 Å². The van der Waals surface area contributed by atoms with Crippen LogP contribution in [0.25, 0.3) is 0 Å². The largest absolute Gasteiger partial charge is 0.513 e. The maximum atomic E-state index is 12.7. The molecular formula is C25H23N3O6. The van der Waals surface area contributed by atoms with Gasteiger partial charge in [-0.3, -0.25) is 14.4 Å². The fourth-order valence-electron chi connectivity index (χ4n) is 2.95. The van der Waals surface area contributed by atoms with Gasteiger partial charge >= 0.3 is 6.16 Å². The second-order valence-electron chi connectivity index (χ2n) is 7.03. The summed E-state index contributed by atoms with van der Waals surface area (Å²) in [6.07, 6.45) is -0.827. The number of amides is 3. The number of ether oxygens (including phenoxy) is 2. The highest BCUT2D eigenvalue weighted by atomic mass is 16.7. The molecule has 0 unspecified atom stereocenters. The molecule has 0 fully saturated rings. The zero-order valence-corrected chi connectivity index (χ0v) is 18.6. The minimum atomic E-state index is -0.827. The van der Waals surface area contributed by atoms with Gasteiger partial charge in [0, 0.05) is 23.7 Å². The van der Waals surface area contributed by atoms with Gasteiger partial charge in [0.05, 0.1) is 18.0 Å². The minimum absolute atomic E-state index is 0.190. The second kappa shape index (κ2) is 11.3. The maximum absolute atomic E-state index is 12.7. The summed E-state index contributed by atoms with van der Waals surface area (Å²) in [7, 11) is 0. The molecule has 0 heterocycles. The third-order valence-corrected chi connectivity index (χ3v) is 4.45. The van der Waals surface area contributed by atoms with Crippen molar-refractivity contribution in [3.05, 3.63) is 83.9 Å². The first-order valence-electron chi connectivity index (χ1n) is 10.4. The van der Waals surface area contributed by atoms with Gasteiger partial charge in [-0.2, -0.15) is 0 Å². The molecular weight excluding hydrogens is 438 g/mol. The number of hydrogen-bond donors (Lipinski definition) is 3. The van der Waals surface area contributed by atoms with Crippen LogP contribution in [-0.4, -0.2) is 30.5 Å². The standard InChI is InChI=1S/C25H23N3O6/c1-3-33-25(32)34-20-13-11-17(12-14-20)23(30)27-21-9-4-5-10-22(21)28-24(31)18-7-6-8-19(15-18)26-16(2)29/h4-15H,3H2,1-2H3,(H,26,29)(H,27,30)(H,28,31). The molecule has 3 aromatic rings. The van der Waals surface area contributed by atoms with E-state index in [0.717, 1.165) is 0 Å². The van der Waals surface area contributed by atoms with Gasteiger partial charge < -0.3 is 25.4 Å². The van der Waals surface area contributed by atoms with E-state index in [4.69, 9.17) is 9.47 Å². The van der Waals surface area contributed by atoms with Crippen molar-refractivity contribution in [1.82, 2.24) is 0 Å². The average Bonchev–Trinajstić information content (AvgIpc) is 2.80. The summed E-state index contributed by atoms with van der Waals surface area (Å²) < 4.78 is 9.69. The molecule has 3 amide bonds.